The van der Waals surface area contributed by atoms with Crippen LogP contribution in [0.5, 0.6) is 0 Å². The lowest BCUT2D eigenvalue weighted by Gasteiger charge is -2.15. The van der Waals surface area contributed by atoms with E-state index >= 15 is 0 Å². The molecule has 4 heteroatoms. The number of nitrogens with two attached hydrogens (primary N) is 1. The SMILES string of the molecule is NC(c1ccc2c(c1)COC2)c1ccc(Cl)cc1Br. The van der Waals surface area contributed by atoms with Gasteiger partial charge in [-0.3, -0.25) is 0 Å². The van der Waals surface area contributed by atoms with Gasteiger partial charge in [0.25, 0.3) is 0 Å². The highest BCUT2D eigenvalue weighted by Gasteiger charge is 2.16. The van der Waals surface area contributed by atoms with Gasteiger partial charge in [-0.25, -0.2) is 0 Å². The average Bonchev–Trinajstić information content (AvgIpc) is 2.85. The zero-order valence-electron chi connectivity index (χ0n) is 10.2. The molecule has 1 aliphatic rings. The maximum Gasteiger partial charge on any atom is 0.0725 e. The monoisotopic (exact) mass is 337 g/mol. The molecule has 1 atom stereocenters. The molecule has 0 bridgehead atoms. The van der Waals surface area contributed by atoms with Gasteiger partial charge in [0.05, 0.1) is 19.3 Å². The molecular weight excluding hydrogens is 326 g/mol. The first-order chi connectivity index (χ1) is 9.15. The van der Waals surface area contributed by atoms with Crippen LogP contribution in [0, 0.1) is 0 Å². The van der Waals surface area contributed by atoms with Gasteiger partial charge in [0.2, 0.25) is 0 Å². The molecule has 1 heterocycles. The summed E-state index contributed by atoms with van der Waals surface area (Å²) in [6, 6.07) is 11.8. The van der Waals surface area contributed by atoms with E-state index in [0.29, 0.717) is 18.2 Å². The first kappa shape index (κ1) is 13.1. The van der Waals surface area contributed by atoms with Crippen LogP contribution in [0.1, 0.15) is 28.3 Å². The average molecular weight is 339 g/mol. The van der Waals surface area contributed by atoms with Crippen LogP contribution in [0.4, 0.5) is 0 Å². The molecule has 1 unspecified atom stereocenters. The van der Waals surface area contributed by atoms with Crippen molar-refractivity contribution in [2.75, 3.05) is 0 Å². The van der Waals surface area contributed by atoms with Gasteiger partial charge in [-0.15, -0.1) is 0 Å². The van der Waals surface area contributed by atoms with Crippen molar-refractivity contribution in [3.63, 3.8) is 0 Å². The molecule has 2 aromatic carbocycles. The molecule has 19 heavy (non-hydrogen) atoms. The molecule has 2 aromatic rings. The van der Waals surface area contributed by atoms with Gasteiger partial charge in [-0.1, -0.05) is 51.8 Å². The predicted molar refractivity (Wildman–Crippen MR) is 80.1 cm³/mol. The van der Waals surface area contributed by atoms with Crippen molar-refractivity contribution in [1.29, 1.82) is 0 Å². The summed E-state index contributed by atoms with van der Waals surface area (Å²) in [5.74, 6) is 0. The Labute approximate surface area is 125 Å². The van der Waals surface area contributed by atoms with Crippen LogP contribution >= 0.6 is 27.5 Å². The van der Waals surface area contributed by atoms with E-state index < -0.39 is 0 Å². The van der Waals surface area contributed by atoms with E-state index in [0.717, 1.165) is 15.6 Å². The molecule has 0 aromatic heterocycles. The minimum absolute atomic E-state index is 0.169. The van der Waals surface area contributed by atoms with E-state index in [1.807, 2.05) is 18.2 Å². The lowest BCUT2D eigenvalue weighted by atomic mass is 9.96. The number of hydrogen-bond donors (Lipinski definition) is 1. The van der Waals surface area contributed by atoms with Gasteiger partial charge in [0, 0.05) is 9.50 Å². The van der Waals surface area contributed by atoms with Crippen LogP contribution in [0.2, 0.25) is 5.02 Å². The van der Waals surface area contributed by atoms with Crippen molar-refractivity contribution in [2.24, 2.45) is 5.73 Å². The van der Waals surface area contributed by atoms with Gasteiger partial charge in [-0.05, 0) is 34.4 Å². The van der Waals surface area contributed by atoms with Gasteiger partial charge in [0.1, 0.15) is 0 Å². The van der Waals surface area contributed by atoms with E-state index in [4.69, 9.17) is 22.1 Å². The second-order valence-electron chi connectivity index (χ2n) is 4.66. The van der Waals surface area contributed by atoms with E-state index in [-0.39, 0.29) is 6.04 Å². The Morgan fingerprint density at radius 2 is 1.89 bits per heavy atom. The normalized spacial score (nSPS) is 15.3. The molecule has 0 aliphatic carbocycles. The maximum absolute atomic E-state index is 6.35. The van der Waals surface area contributed by atoms with Gasteiger partial charge in [-0.2, -0.15) is 0 Å². The number of ether oxygens (including phenoxy) is 1. The molecule has 0 spiro atoms. The highest BCUT2D eigenvalue weighted by molar-refractivity contribution is 9.10. The molecule has 0 fully saturated rings. The Morgan fingerprint density at radius 3 is 2.68 bits per heavy atom. The number of fused-ring (bicyclic) bond motifs is 1. The standard InChI is InChI=1S/C15H13BrClNO/c16-14-6-12(17)3-4-13(14)15(18)9-1-2-10-7-19-8-11(10)5-9/h1-6,15H,7-8,18H2. The van der Waals surface area contributed by atoms with Crippen LogP contribution in [-0.2, 0) is 18.0 Å². The molecular formula is C15H13BrClNO. The van der Waals surface area contributed by atoms with Gasteiger partial charge >= 0.3 is 0 Å². The lowest BCUT2D eigenvalue weighted by Crippen LogP contribution is -2.12. The van der Waals surface area contributed by atoms with Crippen LogP contribution in [0.3, 0.4) is 0 Å². The Morgan fingerprint density at radius 1 is 1.11 bits per heavy atom. The van der Waals surface area contributed by atoms with Gasteiger partial charge < -0.3 is 10.5 Å². The van der Waals surface area contributed by atoms with Crippen molar-refractivity contribution in [3.8, 4) is 0 Å². The lowest BCUT2D eigenvalue weighted by molar-refractivity contribution is 0.134. The largest absolute Gasteiger partial charge is 0.372 e. The van der Waals surface area contributed by atoms with Crippen molar-refractivity contribution in [3.05, 3.63) is 68.1 Å². The summed E-state index contributed by atoms with van der Waals surface area (Å²) >= 11 is 9.48. The van der Waals surface area contributed by atoms with Crippen molar-refractivity contribution < 1.29 is 4.74 Å². The summed E-state index contributed by atoms with van der Waals surface area (Å²) in [4.78, 5) is 0. The number of benzene rings is 2. The number of halogens is 2. The molecule has 1 aliphatic heterocycles. The van der Waals surface area contributed by atoms with E-state index in [1.54, 1.807) is 0 Å². The molecule has 0 saturated carbocycles. The second kappa shape index (κ2) is 5.25. The fraction of sp³-hybridized carbons (Fsp3) is 0.200. The second-order valence-corrected chi connectivity index (χ2v) is 5.96. The zero-order valence-corrected chi connectivity index (χ0v) is 12.5. The van der Waals surface area contributed by atoms with Crippen LogP contribution in [0.25, 0.3) is 0 Å². The molecule has 3 rings (SSSR count). The Kier molecular flexibility index (Phi) is 3.63. The van der Waals surface area contributed by atoms with Crippen LogP contribution in [-0.4, -0.2) is 0 Å². The summed E-state index contributed by atoms with van der Waals surface area (Å²) in [7, 11) is 0. The zero-order chi connectivity index (χ0) is 13.4. The summed E-state index contributed by atoms with van der Waals surface area (Å²) in [5.41, 5.74) is 11.0. The van der Waals surface area contributed by atoms with E-state index in [1.165, 1.54) is 11.1 Å². The highest BCUT2D eigenvalue weighted by Crippen LogP contribution is 2.31. The summed E-state index contributed by atoms with van der Waals surface area (Å²) in [6.07, 6.45) is 0. The third-order valence-electron chi connectivity index (χ3n) is 3.40. The van der Waals surface area contributed by atoms with Gasteiger partial charge in [0.15, 0.2) is 0 Å². The quantitative estimate of drug-likeness (QED) is 0.891. The molecule has 98 valence electrons. The predicted octanol–water partition coefficient (Wildman–Crippen LogP) is 4.18. The van der Waals surface area contributed by atoms with E-state index in [2.05, 4.69) is 34.1 Å². The van der Waals surface area contributed by atoms with Crippen molar-refractivity contribution >= 4 is 27.5 Å². The summed E-state index contributed by atoms with van der Waals surface area (Å²) in [6.45, 7) is 1.38. The minimum atomic E-state index is -0.169. The first-order valence-electron chi connectivity index (χ1n) is 6.05. The molecule has 2 N–H and O–H groups in total. The number of hydrogen-bond acceptors (Lipinski definition) is 2. The highest BCUT2D eigenvalue weighted by atomic mass is 79.9. The third-order valence-corrected chi connectivity index (χ3v) is 4.32. The molecule has 0 amide bonds. The van der Waals surface area contributed by atoms with Crippen molar-refractivity contribution in [2.45, 2.75) is 19.3 Å². The fourth-order valence-electron chi connectivity index (χ4n) is 2.32. The third kappa shape index (κ3) is 2.56. The van der Waals surface area contributed by atoms with E-state index in [9.17, 15) is 0 Å². The minimum Gasteiger partial charge on any atom is -0.372 e. The van der Waals surface area contributed by atoms with Crippen molar-refractivity contribution in [1.82, 2.24) is 0 Å². The summed E-state index contributed by atoms with van der Waals surface area (Å²) < 4.78 is 6.36. The Balaban J connectivity index is 1.97. The molecule has 0 saturated heterocycles. The molecule has 0 radical (unpaired) electrons. The number of rotatable bonds is 2. The van der Waals surface area contributed by atoms with Crippen LogP contribution < -0.4 is 5.73 Å². The Bertz CT molecular complexity index is 630. The molecule has 2 nitrogen and oxygen atoms in total. The topological polar surface area (TPSA) is 35.2 Å². The maximum atomic E-state index is 6.35. The summed E-state index contributed by atoms with van der Waals surface area (Å²) in [5, 5.41) is 0.699. The smallest absolute Gasteiger partial charge is 0.0725 e. The van der Waals surface area contributed by atoms with Crippen LogP contribution in [0.15, 0.2) is 40.9 Å². The fourth-order valence-corrected chi connectivity index (χ4v) is 3.25. The Hall–Kier alpha value is -0.870. The first-order valence-corrected chi connectivity index (χ1v) is 7.22.